The molecule has 0 unspecified atom stereocenters. The number of alkyl halides is 2. The highest BCUT2D eigenvalue weighted by Crippen LogP contribution is 2.52. The van der Waals surface area contributed by atoms with Gasteiger partial charge < -0.3 is 10.5 Å². The zero-order valence-electron chi connectivity index (χ0n) is 9.29. The predicted octanol–water partition coefficient (Wildman–Crippen LogP) is 1.56. The van der Waals surface area contributed by atoms with Crippen LogP contribution in [0, 0.1) is 17.8 Å². The molecule has 3 fully saturated rings. The maximum Gasteiger partial charge on any atom is 0.310 e. The van der Waals surface area contributed by atoms with Crippen LogP contribution in [-0.4, -0.2) is 24.5 Å². The predicted molar refractivity (Wildman–Crippen MR) is 53.9 cm³/mol. The van der Waals surface area contributed by atoms with Crippen molar-refractivity contribution in [3.8, 4) is 0 Å². The Labute approximate surface area is 93.3 Å². The lowest BCUT2D eigenvalue weighted by Crippen LogP contribution is -2.60. The van der Waals surface area contributed by atoms with Gasteiger partial charge in [0, 0.05) is 18.4 Å². The van der Waals surface area contributed by atoms with Gasteiger partial charge in [-0.15, -0.1) is 0 Å². The standard InChI is InChI=1S/C11H17F2NO2/c1-2-16-10(15)8-6-3-4-7(9(8)14)11(12,13)5-6/h6-9H,2-5,14H2,1H3/t6-,7-,8-,9+/m1/s1. The van der Waals surface area contributed by atoms with Crippen LogP contribution in [0.2, 0.25) is 0 Å². The minimum absolute atomic E-state index is 0.213. The van der Waals surface area contributed by atoms with Gasteiger partial charge in [0.15, 0.2) is 0 Å². The molecule has 3 aliphatic rings. The third-order valence-corrected chi connectivity index (χ3v) is 3.87. The first-order valence-electron chi connectivity index (χ1n) is 5.77. The number of halogens is 2. The summed E-state index contributed by atoms with van der Waals surface area (Å²) in [4.78, 5) is 11.7. The molecular formula is C11H17F2NO2. The van der Waals surface area contributed by atoms with Crippen LogP contribution in [0.25, 0.3) is 0 Å². The second kappa shape index (κ2) is 3.95. The van der Waals surface area contributed by atoms with E-state index in [9.17, 15) is 13.6 Å². The van der Waals surface area contributed by atoms with E-state index in [0.717, 1.165) is 0 Å². The molecule has 0 aromatic heterocycles. The van der Waals surface area contributed by atoms with Crippen LogP contribution in [0.3, 0.4) is 0 Å². The zero-order valence-corrected chi connectivity index (χ0v) is 9.29. The first-order valence-corrected chi connectivity index (χ1v) is 5.77. The second-order valence-electron chi connectivity index (χ2n) is 4.76. The third kappa shape index (κ3) is 1.71. The Bertz CT molecular complexity index is 294. The number of nitrogens with two attached hydrogens (primary N) is 1. The summed E-state index contributed by atoms with van der Waals surface area (Å²) in [6, 6.07) is -0.749. The van der Waals surface area contributed by atoms with Crippen molar-refractivity contribution in [1.29, 1.82) is 0 Å². The minimum atomic E-state index is -2.70. The van der Waals surface area contributed by atoms with E-state index in [1.54, 1.807) is 6.92 Å². The molecule has 3 nitrogen and oxygen atoms in total. The summed E-state index contributed by atoms with van der Waals surface area (Å²) in [7, 11) is 0. The summed E-state index contributed by atoms with van der Waals surface area (Å²) < 4.78 is 32.0. The topological polar surface area (TPSA) is 52.3 Å². The van der Waals surface area contributed by atoms with E-state index in [-0.39, 0.29) is 18.9 Å². The second-order valence-corrected chi connectivity index (χ2v) is 4.76. The molecule has 0 heterocycles. The molecular weight excluding hydrogens is 216 g/mol. The van der Waals surface area contributed by atoms with Crippen molar-refractivity contribution in [1.82, 2.24) is 0 Å². The maximum absolute atomic E-state index is 13.5. The Morgan fingerprint density at radius 2 is 2.19 bits per heavy atom. The van der Waals surface area contributed by atoms with E-state index < -0.39 is 29.8 Å². The number of carbonyl (C=O) groups is 1. The average Bonchev–Trinajstić information content (AvgIpc) is 2.16. The molecule has 0 aromatic rings. The summed E-state index contributed by atoms with van der Waals surface area (Å²) in [5.41, 5.74) is 5.79. The molecule has 2 N–H and O–H groups in total. The first kappa shape index (κ1) is 11.8. The summed E-state index contributed by atoms with van der Waals surface area (Å²) in [5, 5.41) is 0. The van der Waals surface area contributed by atoms with Gasteiger partial charge in [-0.2, -0.15) is 0 Å². The lowest BCUT2D eigenvalue weighted by molar-refractivity contribution is -0.181. The van der Waals surface area contributed by atoms with E-state index in [4.69, 9.17) is 10.5 Å². The molecule has 0 aliphatic heterocycles. The SMILES string of the molecule is CCOC(=O)[C@@H]1[C@@H]2CC[C@H]([C@@H]1N)C(F)(F)C2. The Kier molecular flexibility index (Phi) is 2.90. The van der Waals surface area contributed by atoms with Crippen LogP contribution < -0.4 is 5.73 Å². The van der Waals surface area contributed by atoms with E-state index in [2.05, 4.69) is 0 Å². The van der Waals surface area contributed by atoms with Crippen LogP contribution in [0.15, 0.2) is 0 Å². The molecule has 3 saturated carbocycles. The van der Waals surface area contributed by atoms with Gasteiger partial charge in [0.1, 0.15) is 0 Å². The third-order valence-electron chi connectivity index (χ3n) is 3.87. The molecule has 4 atom stereocenters. The Morgan fingerprint density at radius 3 is 2.69 bits per heavy atom. The lowest BCUT2D eigenvalue weighted by Gasteiger charge is -2.49. The lowest BCUT2D eigenvalue weighted by atomic mass is 9.60. The van der Waals surface area contributed by atoms with Crippen LogP contribution in [0.4, 0.5) is 8.78 Å². The number of fused-ring (bicyclic) bond motifs is 3. The van der Waals surface area contributed by atoms with Crippen LogP contribution in [0.5, 0.6) is 0 Å². The van der Waals surface area contributed by atoms with Crippen molar-refractivity contribution in [3.05, 3.63) is 0 Å². The first-order chi connectivity index (χ1) is 7.47. The molecule has 0 spiro atoms. The molecule has 3 aliphatic carbocycles. The highest BCUT2D eigenvalue weighted by molar-refractivity contribution is 5.74. The van der Waals surface area contributed by atoms with Gasteiger partial charge in [0.2, 0.25) is 0 Å². The molecule has 2 bridgehead atoms. The van der Waals surface area contributed by atoms with Crippen molar-refractivity contribution in [2.24, 2.45) is 23.5 Å². The van der Waals surface area contributed by atoms with Crippen LogP contribution in [0.1, 0.15) is 26.2 Å². The fraction of sp³-hybridized carbons (Fsp3) is 0.909. The summed E-state index contributed by atoms with van der Waals surface area (Å²) >= 11 is 0. The van der Waals surface area contributed by atoms with Crippen molar-refractivity contribution in [2.75, 3.05) is 6.61 Å². The van der Waals surface area contributed by atoms with Crippen molar-refractivity contribution in [3.63, 3.8) is 0 Å². The molecule has 0 aromatic carbocycles. The molecule has 3 rings (SSSR count). The fourth-order valence-electron chi connectivity index (χ4n) is 3.14. The molecule has 16 heavy (non-hydrogen) atoms. The molecule has 92 valence electrons. The molecule has 0 amide bonds. The zero-order chi connectivity index (χ0) is 11.9. The van der Waals surface area contributed by atoms with Gasteiger partial charge in [0.05, 0.1) is 12.5 Å². The van der Waals surface area contributed by atoms with Crippen molar-refractivity contribution >= 4 is 5.97 Å². The Hall–Kier alpha value is -0.710. The number of rotatable bonds is 2. The van der Waals surface area contributed by atoms with E-state index >= 15 is 0 Å². The summed E-state index contributed by atoms with van der Waals surface area (Å²) in [6.45, 7) is 1.98. The van der Waals surface area contributed by atoms with Crippen LogP contribution in [-0.2, 0) is 9.53 Å². The van der Waals surface area contributed by atoms with E-state index in [1.165, 1.54) is 0 Å². The average molecular weight is 233 g/mol. The van der Waals surface area contributed by atoms with Gasteiger partial charge in [0.25, 0.3) is 5.92 Å². The molecule has 0 saturated heterocycles. The monoisotopic (exact) mass is 233 g/mol. The van der Waals surface area contributed by atoms with Crippen molar-refractivity contribution in [2.45, 2.75) is 38.2 Å². The normalized spacial score (nSPS) is 40.8. The minimum Gasteiger partial charge on any atom is -0.466 e. The number of esters is 1. The number of ether oxygens (including phenoxy) is 1. The fourth-order valence-corrected chi connectivity index (χ4v) is 3.14. The van der Waals surface area contributed by atoms with E-state index in [0.29, 0.717) is 12.8 Å². The smallest absolute Gasteiger partial charge is 0.310 e. The quantitative estimate of drug-likeness (QED) is 0.736. The van der Waals surface area contributed by atoms with Gasteiger partial charge in [-0.3, -0.25) is 4.79 Å². The highest BCUT2D eigenvalue weighted by Gasteiger charge is 2.59. The van der Waals surface area contributed by atoms with Gasteiger partial charge in [-0.25, -0.2) is 8.78 Å². The summed E-state index contributed by atoms with van der Waals surface area (Å²) in [6.07, 6.45) is 0.876. The van der Waals surface area contributed by atoms with Gasteiger partial charge in [-0.05, 0) is 25.7 Å². The van der Waals surface area contributed by atoms with Crippen LogP contribution >= 0.6 is 0 Å². The number of carbonyl (C=O) groups excluding carboxylic acids is 1. The highest BCUT2D eigenvalue weighted by atomic mass is 19.3. The number of hydrogen-bond donors (Lipinski definition) is 1. The van der Waals surface area contributed by atoms with Gasteiger partial charge in [-0.1, -0.05) is 0 Å². The Balaban J connectivity index is 2.16. The molecule has 5 heteroatoms. The largest absolute Gasteiger partial charge is 0.466 e. The van der Waals surface area contributed by atoms with Crippen molar-refractivity contribution < 1.29 is 18.3 Å². The van der Waals surface area contributed by atoms with Gasteiger partial charge >= 0.3 is 5.97 Å². The maximum atomic E-state index is 13.5. The number of hydrogen-bond acceptors (Lipinski definition) is 3. The summed E-state index contributed by atoms with van der Waals surface area (Å²) in [5.74, 6) is -4.80. The molecule has 0 radical (unpaired) electrons. The van der Waals surface area contributed by atoms with E-state index in [1.807, 2.05) is 0 Å². The Morgan fingerprint density at radius 1 is 1.50 bits per heavy atom.